The minimum Gasteiger partial charge on any atom is -0.462 e. The highest BCUT2D eigenvalue weighted by atomic mass is 35.5. The van der Waals surface area contributed by atoms with Gasteiger partial charge in [0.15, 0.2) is 5.82 Å². The molecule has 11 heteroatoms. The fourth-order valence-electron chi connectivity index (χ4n) is 2.35. The molecule has 1 aliphatic heterocycles. The Hall–Kier alpha value is -2.72. The van der Waals surface area contributed by atoms with Crippen LogP contribution in [0, 0.1) is 17.0 Å². The normalized spacial score (nSPS) is 13.7. The molecule has 3 rings (SSSR count). The SMILES string of the molecule is CCOC(=O)/C(=C\c1ccc(Cl)c([N+](=O)[O-])c1)C1=Nn2c(C)nnc2SC1. The topological polar surface area (TPSA) is 113 Å². The molecule has 0 aliphatic carbocycles. The van der Waals surface area contributed by atoms with E-state index in [4.69, 9.17) is 16.3 Å². The lowest BCUT2D eigenvalue weighted by Crippen LogP contribution is -2.21. The van der Waals surface area contributed by atoms with Crippen LogP contribution >= 0.6 is 23.4 Å². The van der Waals surface area contributed by atoms with Crippen LogP contribution in [0.3, 0.4) is 0 Å². The Morgan fingerprint density at radius 1 is 1.48 bits per heavy atom. The van der Waals surface area contributed by atoms with Crippen molar-refractivity contribution in [2.75, 3.05) is 12.4 Å². The van der Waals surface area contributed by atoms with Crippen LogP contribution in [0.1, 0.15) is 18.3 Å². The van der Waals surface area contributed by atoms with Crippen LogP contribution in [0.2, 0.25) is 5.02 Å². The van der Waals surface area contributed by atoms with Crippen molar-refractivity contribution >= 4 is 46.8 Å². The van der Waals surface area contributed by atoms with Gasteiger partial charge in [-0.3, -0.25) is 10.1 Å². The quantitative estimate of drug-likeness (QED) is 0.324. The fourth-order valence-corrected chi connectivity index (χ4v) is 3.41. The van der Waals surface area contributed by atoms with E-state index in [0.29, 0.717) is 28.0 Å². The Labute approximate surface area is 163 Å². The van der Waals surface area contributed by atoms with Crippen molar-refractivity contribution in [3.8, 4) is 0 Å². The number of thioether (sulfide) groups is 1. The summed E-state index contributed by atoms with van der Waals surface area (Å²) in [5.41, 5.74) is 0.866. The van der Waals surface area contributed by atoms with Crippen LogP contribution in [0.15, 0.2) is 34.0 Å². The number of nitro benzene ring substituents is 1. The van der Waals surface area contributed by atoms with Crippen molar-refractivity contribution in [2.24, 2.45) is 5.10 Å². The molecule has 1 aromatic heterocycles. The number of aromatic nitrogens is 3. The van der Waals surface area contributed by atoms with E-state index in [1.54, 1.807) is 24.6 Å². The van der Waals surface area contributed by atoms with Gasteiger partial charge in [0.2, 0.25) is 5.16 Å². The summed E-state index contributed by atoms with van der Waals surface area (Å²) in [4.78, 5) is 23.0. The summed E-state index contributed by atoms with van der Waals surface area (Å²) in [6.07, 6.45) is 1.51. The van der Waals surface area contributed by atoms with Crippen molar-refractivity contribution < 1.29 is 14.5 Å². The van der Waals surface area contributed by atoms with Crippen molar-refractivity contribution in [3.05, 3.63) is 50.3 Å². The highest BCUT2D eigenvalue weighted by Crippen LogP contribution is 2.28. The summed E-state index contributed by atoms with van der Waals surface area (Å²) in [5, 5.41) is 24.1. The van der Waals surface area contributed by atoms with Gasteiger partial charge in [0.1, 0.15) is 5.02 Å². The van der Waals surface area contributed by atoms with Crippen LogP contribution in [0.25, 0.3) is 6.08 Å². The molecule has 2 aromatic rings. The highest BCUT2D eigenvalue weighted by Gasteiger charge is 2.24. The first-order valence-corrected chi connectivity index (χ1v) is 9.23. The first kappa shape index (κ1) is 19.1. The summed E-state index contributed by atoms with van der Waals surface area (Å²) in [5.74, 6) is 0.405. The molecule has 27 heavy (non-hydrogen) atoms. The van der Waals surface area contributed by atoms with Crippen LogP contribution in [-0.4, -0.2) is 43.8 Å². The zero-order chi connectivity index (χ0) is 19.6. The van der Waals surface area contributed by atoms with Crippen molar-refractivity contribution in [2.45, 2.75) is 19.0 Å². The number of hydrogen-bond acceptors (Lipinski definition) is 8. The first-order valence-electron chi connectivity index (χ1n) is 7.86. The average Bonchev–Trinajstić information content (AvgIpc) is 3.01. The number of benzene rings is 1. The van der Waals surface area contributed by atoms with Gasteiger partial charge >= 0.3 is 5.97 Å². The number of halogens is 1. The minimum absolute atomic E-state index is 0.0187. The Morgan fingerprint density at radius 3 is 2.96 bits per heavy atom. The number of aryl methyl sites for hydroxylation is 1. The van der Waals surface area contributed by atoms with Gasteiger partial charge in [-0.1, -0.05) is 29.4 Å². The maximum Gasteiger partial charge on any atom is 0.340 e. The predicted octanol–water partition coefficient (Wildman–Crippen LogP) is 3.10. The van der Waals surface area contributed by atoms with Gasteiger partial charge in [0.25, 0.3) is 5.69 Å². The van der Waals surface area contributed by atoms with E-state index in [2.05, 4.69) is 15.3 Å². The molecular formula is C16H14ClN5O4S. The van der Waals surface area contributed by atoms with Crippen LogP contribution in [0.5, 0.6) is 0 Å². The second-order valence-electron chi connectivity index (χ2n) is 5.42. The number of fused-ring (bicyclic) bond motifs is 1. The minimum atomic E-state index is -0.579. The van der Waals surface area contributed by atoms with Gasteiger partial charge < -0.3 is 4.74 Å². The van der Waals surface area contributed by atoms with Gasteiger partial charge in [-0.15, -0.1) is 10.2 Å². The van der Waals surface area contributed by atoms with Crippen molar-refractivity contribution in [1.29, 1.82) is 0 Å². The number of esters is 1. The maximum absolute atomic E-state index is 12.5. The number of rotatable bonds is 5. The van der Waals surface area contributed by atoms with E-state index in [-0.39, 0.29) is 22.9 Å². The van der Waals surface area contributed by atoms with E-state index >= 15 is 0 Å². The summed E-state index contributed by atoms with van der Waals surface area (Å²) in [6, 6.07) is 4.29. The van der Waals surface area contributed by atoms with Crippen molar-refractivity contribution in [1.82, 2.24) is 14.9 Å². The Kier molecular flexibility index (Phi) is 5.57. The summed E-state index contributed by atoms with van der Waals surface area (Å²) >= 11 is 7.23. The van der Waals surface area contributed by atoms with E-state index in [0.717, 1.165) is 0 Å². The molecule has 0 bridgehead atoms. The molecule has 0 unspecified atom stereocenters. The number of nitro groups is 1. The van der Waals surface area contributed by atoms with Crippen LogP contribution < -0.4 is 0 Å². The number of nitrogens with zero attached hydrogens (tertiary/aromatic N) is 5. The Bertz CT molecular complexity index is 985. The molecule has 1 aliphatic rings. The molecule has 0 amide bonds. The Morgan fingerprint density at radius 2 is 2.26 bits per heavy atom. The highest BCUT2D eigenvalue weighted by molar-refractivity contribution is 7.99. The molecule has 1 aromatic carbocycles. The maximum atomic E-state index is 12.5. The van der Waals surface area contributed by atoms with Crippen molar-refractivity contribution in [3.63, 3.8) is 0 Å². The fraction of sp³-hybridized carbons (Fsp3) is 0.250. The van der Waals surface area contributed by atoms with Gasteiger partial charge in [-0.25, -0.2) is 4.79 Å². The molecule has 140 valence electrons. The predicted molar refractivity (Wildman–Crippen MR) is 101 cm³/mol. The van der Waals surface area contributed by atoms with E-state index in [1.807, 2.05) is 0 Å². The zero-order valence-corrected chi connectivity index (χ0v) is 16.0. The van der Waals surface area contributed by atoms with E-state index in [1.165, 1.54) is 30.0 Å². The second kappa shape index (κ2) is 7.89. The smallest absolute Gasteiger partial charge is 0.340 e. The van der Waals surface area contributed by atoms with Crippen LogP contribution in [0.4, 0.5) is 5.69 Å². The summed E-state index contributed by atoms with van der Waals surface area (Å²) in [6.45, 7) is 3.64. The van der Waals surface area contributed by atoms with E-state index < -0.39 is 10.9 Å². The zero-order valence-electron chi connectivity index (χ0n) is 14.4. The molecule has 9 nitrogen and oxygen atoms in total. The molecule has 0 saturated heterocycles. The van der Waals surface area contributed by atoms with Gasteiger partial charge in [-0.2, -0.15) is 9.78 Å². The monoisotopic (exact) mass is 407 g/mol. The number of hydrogen-bond donors (Lipinski definition) is 0. The number of carbonyl (C=O) groups excluding carboxylic acids is 1. The van der Waals surface area contributed by atoms with Gasteiger partial charge in [0.05, 0.1) is 22.8 Å². The van der Waals surface area contributed by atoms with Gasteiger partial charge in [-0.05, 0) is 31.6 Å². The third-order valence-electron chi connectivity index (χ3n) is 3.61. The molecule has 0 atom stereocenters. The molecule has 2 heterocycles. The molecule has 0 saturated carbocycles. The molecule has 0 N–H and O–H groups in total. The average molecular weight is 408 g/mol. The van der Waals surface area contributed by atoms with Crippen LogP contribution in [-0.2, 0) is 9.53 Å². The third kappa shape index (κ3) is 4.01. The Balaban J connectivity index is 2.08. The second-order valence-corrected chi connectivity index (χ2v) is 6.77. The lowest BCUT2D eigenvalue weighted by molar-refractivity contribution is -0.384. The summed E-state index contributed by atoms with van der Waals surface area (Å²) < 4.78 is 6.68. The number of ether oxygens (including phenoxy) is 1. The standard InChI is InChI=1S/C16H14ClN5O4S/c1-3-26-15(23)11(6-10-4-5-12(17)14(7-10)22(24)25)13-8-27-16-19-18-9(2)21(16)20-13/h4-7H,3,8H2,1-2H3/b11-6-. The molecular weight excluding hydrogens is 394 g/mol. The van der Waals surface area contributed by atoms with E-state index in [9.17, 15) is 14.9 Å². The van der Waals surface area contributed by atoms with Gasteiger partial charge in [0, 0.05) is 11.8 Å². The summed E-state index contributed by atoms with van der Waals surface area (Å²) in [7, 11) is 0. The number of carbonyl (C=O) groups is 1. The lowest BCUT2D eigenvalue weighted by Gasteiger charge is -2.15. The third-order valence-corrected chi connectivity index (χ3v) is 4.86. The molecule has 0 fully saturated rings. The first-order chi connectivity index (χ1) is 12.9. The lowest BCUT2D eigenvalue weighted by atomic mass is 10.1. The molecule has 0 radical (unpaired) electrons. The molecule has 0 spiro atoms. The largest absolute Gasteiger partial charge is 0.462 e.